The van der Waals surface area contributed by atoms with Gasteiger partial charge in [-0.15, -0.1) is 0 Å². The quantitative estimate of drug-likeness (QED) is 0.794. The Morgan fingerprint density at radius 2 is 2.25 bits per heavy atom. The van der Waals surface area contributed by atoms with E-state index in [0.29, 0.717) is 6.04 Å². The number of hydrogen-bond donors (Lipinski definition) is 1. The Kier molecular flexibility index (Phi) is 2.72. The fraction of sp³-hybridized carbons (Fsp3) is 0.385. The third-order valence-corrected chi connectivity index (χ3v) is 4.44. The first-order chi connectivity index (χ1) is 7.74. The molecule has 0 radical (unpaired) electrons. The predicted octanol–water partition coefficient (Wildman–Crippen LogP) is 4.48. The van der Waals surface area contributed by atoms with Crippen LogP contribution in [0.3, 0.4) is 0 Å². The van der Waals surface area contributed by atoms with Gasteiger partial charge in [0, 0.05) is 16.4 Å². The van der Waals surface area contributed by atoms with E-state index in [-0.39, 0.29) is 0 Å². The molecule has 16 heavy (non-hydrogen) atoms. The lowest BCUT2D eigenvalue weighted by atomic mass is 9.71. The van der Waals surface area contributed by atoms with Gasteiger partial charge in [0.1, 0.15) is 0 Å². The van der Waals surface area contributed by atoms with Crippen LogP contribution in [0.2, 0.25) is 5.02 Å². The monoisotopic (exact) mass is 297 g/mol. The summed E-state index contributed by atoms with van der Waals surface area (Å²) in [4.78, 5) is 0. The Morgan fingerprint density at radius 3 is 3.00 bits per heavy atom. The van der Waals surface area contributed by atoms with E-state index in [1.165, 1.54) is 12.8 Å². The summed E-state index contributed by atoms with van der Waals surface area (Å²) in [6.07, 6.45) is 7.18. The minimum atomic E-state index is 0.572. The summed E-state index contributed by atoms with van der Waals surface area (Å²) in [6, 6.07) is 6.57. The van der Waals surface area contributed by atoms with Crippen LogP contribution in [0.5, 0.6) is 0 Å². The van der Waals surface area contributed by atoms with Gasteiger partial charge in [-0.25, -0.2) is 0 Å². The Morgan fingerprint density at radius 1 is 1.38 bits per heavy atom. The van der Waals surface area contributed by atoms with E-state index in [0.717, 1.165) is 27.0 Å². The molecular weight excluding hydrogens is 286 g/mol. The van der Waals surface area contributed by atoms with Crippen LogP contribution in [-0.4, -0.2) is 6.04 Å². The van der Waals surface area contributed by atoms with Crippen molar-refractivity contribution in [2.24, 2.45) is 11.8 Å². The van der Waals surface area contributed by atoms with Gasteiger partial charge in [-0.3, -0.25) is 0 Å². The molecule has 1 fully saturated rings. The topological polar surface area (TPSA) is 12.0 Å². The van der Waals surface area contributed by atoms with E-state index in [9.17, 15) is 0 Å². The molecule has 0 saturated heterocycles. The van der Waals surface area contributed by atoms with Crippen molar-refractivity contribution in [1.29, 1.82) is 0 Å². The number of halogens is 2. The number of benzene rings is 1. The second-order valence-electron chi connectivity index (χ2n) is 4.61. The van der Waals surface area contributed by atoms with Crippen molar-refractivity contribution in [3.05, 3.63) is 39.8 Å². The second kappa shape index (κ2) is 4.08. The Balaban J connectivity index is 1.73. The highest BCUT2D eigenvalue weighted by molar-refractivity contribution is 9.10. The lowest BCUT2D eigenvalue weighted by molar-refractivity contribution is 0.218. The van der Waals surface area contributed by atoms with Crippen LogP contribution in [-0.2, 0) is 0 Å². The third kappa shape index (κ3) is 1.78. The molecule has 0 aromatic heterocycles. The van der Waals surface area contributed by atoms with Gasteiger partial charge >= 0.3 is 0 Å². The average molecular weight is 299 g/mol. The molecule has 0 aliphatic heterocycles. The molecule has 1 aromatic carbocycles. The summed E-state index contributed by atoms with van der Waals surface area (Å²) in [7, 11) is 0. The van der Waals surface area contributed by atoms with Crippen molar-refractivity contribution in [1.82, 2.24) is 0 Å². The third-order valence-electron chi connectivity index (χ3n) is 3.63. The van der Waals surface area contributed by atoms with Crippen LogP contribution in [0.15, 0.2) is 34.8 Å². The minimum absolute atomic E-state index is 0.572. The van der Waals surface area contributed by atoms with Crippen molar-refractivity contribution in [2.45, 2.75) is 18.9 Å². The van der Waals surface area contributed by atoms with E-state index in [1.807, 2.05) is 18.2 Å². The first kappa shape index (κ1) is 10.7. The summed E-state index contributed by atoms with van der Waals surface area (Å²) >= 11 is 9.60. The molecule has 84 valence electrons. The zero-order valence-corrected chi connectivity index (χ0v) is 11.1. The van der Waals surface area contributed by atoms with Crippen LogP contribution in [0, 0.1) is 11.8 Å². The molecule has 1 N–H and O–H groups in total. The van der Waals surface area contributed by atoms with Crippen LogP contribution in [0.4, 0.5) is 5.69 Å². The number of rotatable bonds is 2. The van der Waals surface area contributed by atoms with Crippen LogP contribution >= 0.6 is 27.5 Å². The molecule has 3 heteroatoms. The zero-order chi connectivity index (χ0) is 11.1. The van der Waals surface area contributed by atoms with Crippen molar-refractivity contribution < 1.29 is 0 Å². The molecule has 0 amide bonds. The molecule has 0 heterocycles. The maximum absolute atomic E-state index is 6.19. The molecule has 3 rings (SSSR count). The Labute approximate surface area is 109 Å². The van der Waals surface area contributed by atoms with Gasteiger partial charge in [0.2, 0.25) is 0 Å². The predicted molar refractivity (Wildman–Crippen MR) is 71.9 cm³/mol. The second-order valence-corrected chi connectivity index (χ2v) is 5.93. The number of allylic oxidation sites excluding steroid dienone is 1. The van der Waals surface area contributed by atoms with Gasteiger partial charge in [0.25, 0.3) is 0 Å². The first-order valence-electron chi connectivity index (χ1n) is 5.62. The highest BCUT2D eigenvalue weighted by Crippen LogP contribution is 2.44. The van der Waals surface area contributed by atoms with Gasteiger partial charge in [-0.1, -0.05) is 39.7 Å². The van der Waals surface area contributed by atoms with Crippen LogP contribution in [0.1, 0.15) is 12.8 Å². The number of nitrogens with one attached hydrogen (secondary N) is 1. The molecule has 3 atom stereocenters. The van der Waals surface area contributed by atoms with Crippen molar-refractivity contribution in [3.8, 4) is 0 Å². The molecular formula is C13H13BrClN. The van der Waals surface area contributed by atoms with Gasteiger partial charge in [0.05, 0.1) is 10.7 Å². The zero-order valence-electron chi connectivity index (χ0n) is 8.79. The average Bonchev–Trinajstić information content (AvgIpc) is 2.59. The van der Waals surface area contributed by atoms with Crippen molar-refractivity contribution >= 4 is 33.2 Å². The van der Waals surface area contributed by atoms with Gasteiger partial charge in [0.15, 0.2) is 0 Å². The molecule has 2 aliphatic carbocycles. The van der Waals surface area contributed by atoms with E-state index in [2.05, 4.69) is 33.4 Å². The first-order valence-corrected chi connectivity index (χ1v) is 6.79. The van der Waals surface area contributed by atoms with Crippen molar-refractivity contribution in [3.63, 3.8) is 0 Å². The molecule has 1 saturated carbocycles. The smallest absolute Gasteiger partial charge is 0.0648 e. The largest absolute Gasteiger partial charge is 0.380 e. The summed E-state index contributed by atoms with van der Waals surface area (Å²) in [6.45, 7) is 0. The molecule has 2 aliphatic rings. The number of hydrogen-bond acceptors (Lipinski definition) is 1. The van der Waals surface area contributed by atoms with Gasteiger partial charge in [-0.2, -0.15) is 0 Å². The molecule has 0 spiro atoms. The highest BCUT2D eigenvalue weighted by Gasteiger charge is 2.40. The number of anilines is 1. The lowest BCUT2D eigenvalue weighted by Crippen LogP contribution is -2.43. The summed E-state index contributed by atoms with van der Waals surface area (Å²) in [5.41, 5.74) is 1.05. The maximum atomic E-state index is 6.19. The van der Waals surface area contributed by atoms with E-state index in [4.69, 9.17) is 11.6 Å². The summed E-state index contributed by atoms with van der Waals surface area (Å²) in [5, 5.41) is 4.33. The minimum Gasteiger partial charge on any atom is -0.380 e. The normalized spacial score (nSPS) is 31.0. The number of fused-ring (bicyclic) bond motifs is 1. The molecule has 1 aromatic rings. The highest BCUT2D eigenvalue weighted by atomic mass is 79.9. The lowest BCUT2D eigenvalue weighted by Gasteiger charge is -2.41. The van der Waals surface area contributed by atoms with E-state index >= 15 is 0 Å². The molecule has 0 bridgehead atoms. The van der Waals surface area contributed by atoms with E-state index < -0.39 is 0 Å². The van der Waals surface area contributed by atoms with Gasteiger partial charge in [-0.05, 0) is 37.0 Å². The van der Waals surface area contributed by atoms with Crippen LogP contribution in [0.25, 0.3) is 0 Å². The fourth-order valence-corrected chi connectivity index (χ4v) is 3.42. The van der Waals surface area contributed by atoms with Gasteiger partial charge < -0.3 is 5.32 Å². The molecule has 1 nitrogen and oxygen atoms in total. The fourth-order valence-electron chi connectivity index (χ4n) is 2.69. The maximum Gasteiger partial charge on any atom is 0.0648 e. The van der Waals surface area contributed by atoms with E-state index in [1.54, 1.807) is 0 Å². The molecule has 3 unspecified atom stereocenters. The van der Waals surface area contributed by atoms with Crippen molar-refractivity contribution in [2.75, 3.05) is 5.32 Å². The SMILES string of the molecule is Clc1cc(Br)ccc1NC1CC2CC=CC21. The Hall–Kier alpha value is -0.470. The summed E-state index contributed by atoms with van der Waals surface area (Å²) < 4.78 is 1.02. The Bertz CT molecular complexity index is 444. The van der Waals surface area contributed by atoms with Crippen LogP contribution < -0.4 is 5.32 Å². The summed E-state index contributed by atoms with van der Waals surface area (Å²) in [5.74, 6) is 1.60. The standard InChI is InChI=1S/C13H13BrClN/c14-9-4-5-12(11(15)7-9)16-13-6-8-2-1-3-10(8)13/h1,3-5,7-8,10,13,16H,2,6H2.